The summed E-state index contributed by atoms with van der Waals surface area (Å²) in [5, 5.41) is 0.594. The van der Waals surface area contributed by atoms with Crippen LogP contribution in [0.15, 0.2) is 18.2 Å². The van der Waals surface area contributed by atoms with E-state index in [4.69, 9.17) is 0 Å². The van der Waals surface area contributed by atoms with Gasteiger partial charge in [0.25, 0.3) is 0 Å². The van der Waals surface area contributed by atoms with Crippen molar-refractivity contribution >= 4 is 21.6 Å². The number of benzene rings is 1. The highest BCUT2D eigenvalue weighted by molar-refractivity contribution is 9.08. The number of anilines is 1. The van der Waals surface area contributed by atoms with Crippen molar-refractivity contribution in [3.05, 3.63) is 29.6 Å². The summed E-state index contributed by atoms with van der Waals surface area (Å²) in [6, 6.07) is 5.47. The molecule has 1 saturated carbocycles. The van der Waals surface area contributed by atoms with Crippen LogP contribution in [0.4, 0.5) is 10.1 Å². The molecule has 0 bridgehead atoms. The number of halogens is 2. The summed E-state index contributed by atoms with van der Waals surface area (Å²) in [6.45, 7) is 2.17. The Balaban J connectivity index is 1.73. The molecule has 1 aliphatic heterocycles. The molecule has 0 N–H and O–H groups in total. The van der Waals surface area contributed by atoms with Crippen LogP contribution in [0.2, 0.25) is 0 Å². The lowest BCUT2D eigenvalue weighted by Crippen LogP contribution is -2.41. The molecule has 1 spiro atoms. The third-order valence-electron chi connectivity index (χ3n) is 5.31. The lowest BCUT2D eigenvalue weighted by Gasteiger charge is -2.45. The second-order valence-electron chi connectivity index (χ2n) is 6.42. The Morgan fingerprint density at radius 3 is 2.40 bits per heavy atom. The number of alkyl halides is 1. The Hall–Kier alpha value is -0.570. The zero-order valence-electron chi connectivity index (χ0n) is 12.0. The van der Waals surface area contributed by atoms with Gasteiger partial charge in [-0.05, 0) is 43.2 Å². The monoisotopic (exact) mass is 339 g/mol. The number of nitrogens with zero attached hydrogens (tertiary/aromatic N) is 1. The van der Waals surface area contributed by atoms with Gasteiger partial charge in [0.1, 0.15) is 5.82 Å². The Kier molecular flexibility index (Phi) is 4.34. The van der Waals surface area contributed by atoms with E-state index in [2.05, 4.69) is 26.9 Å². The van der Waals surface area contributed by atoms with Gasteiger partial charge in [-0.2, -0.15) is 0 Å². The first-order chi connectivity index (χ1) is 9.74. The maximum Gasteiger partial charge on any atom is 0.129 e. The first-order valence-corrected chi connectivity index (χ1v) is 8.95. The SMILES string of the molecule is Fc1cccc(N2CCC3(CCCCC3)CC2)c1CBr. The molecule has 1 aromatic rings. The molecule has 1 saturated heterocycles. The largest absolute Gasteiger partial charge is 0.371 e. The molecule has 1 heterocycles. The van der Waals surface area contributed by atoms with E-state index in [0.717, 1.165) is 24.3 Å². The van der Waals surface area contributed by atoms with Crippen LogP contribution in [0.5, 0.6) is 0 Å². The van der Waals surface area contributed by atoms with Gasteiger partial charge in [0.2, 0.25) is 0 Å². The highest BCUT2D eigenvalue weighted by Gasteiger charge is 2.35. The van der Waals surface area contributed by atoms with Crippen molar-refractivity contribution in [2.24, 2.45) is 5.41 Å². The normalized spacial score (nSPS) is 22.2. The minimum Gasteiger partial charge on any atom is -0.371 e. The summed E-state index contributed by atoms with van der Waals surface area (Å²) < 4.78 is 13.9. The molecule has 0 unspecified atom stereocenters. The quantitative estimate of drug-likeness (QED) is 0.663. The molecule has 2 aliphatic rings. The Bertz CT molecular complexity index is 458. The molecule has 0 amide bonds. The van der Waals surface area contributed by atoms with Crippen molar-refractivity contribution in [2.45, 2.75) is 50.3 Å². The summed E-state index contributed by atoms with van der Waals surface area (Å²) >= 11 is 3.43. The van der Waals surface area contributed by atoms with Crippen LogP contribution in [0.3, 0.4) is 0 Å². The van der Waals surface area contributed by atoms with Gasteiger partial charge in [-0.3, -0.25) is 0 Å². The minimum absolute atomic E-state index is 0.0858. The maximum atomic E-state index is 13.9. The average molecular weight is 340 g/mol. The molecule has 3 rings (SSSR count). The predicted molar refractivity (Wildman–Crippen MR) is 86.0 cm³/mol. The zero-order chi connectivity index (χ0) is 14.0. The highest BCUT2D eigenvalue weighted by atomic mass is 79.9. The van der Waals surface area contributed by atoms with Crippen LogP contribution in [-0.4, -0.2) is 13.1 Å². The van der Waals surface area contributed by atoms with Gasteiger partial charge < -0.3 is 4.90 Å². The number of rotatable bonds is 2. The molecule has 1 aliphatic carbocycles. The van der Waals surface area contributed by atoms with E-state index in [1.807, 2.05) is 6.07 Å². The molecule has 0 aromatic heterocycles. The molecule has 2 fully saturated rings. The van der Waals surface area contributed by atoms with Gasteiger partial charge in [-0.1, -0.05) is 41.3 Å². The molecule has 110 valence electrons. The van der Waals surface area contributed by atoms with Gasteiger partial charge in [0.05, 0.1) is 0 Å². The van der Waals surface area contributed by atoms with Gasteiger partial charge in [-0.25, -0.2) is 4.39 Å². The number of hydrogen-bond donors (Lipinski definition) is 0. The lowest BCUT2D eigenvalue weighted by atomic mass is 9.68. The van der Waals surface area contributed by atoms with Crippen molar-refractivity contribution in [3.8, 4) is 0 Å². The van der Waals surface area contributed by atoms with Gasteiger partial charge in [-0.15, -0.1) is 0 Å². The number of piperidine rings is 1. The first kappa shape index (κ1) is 14.4. The highest BCUT2D eigenvalue weighted by Crippen LogP contribution is 2.45. The van der Waals surface area contributed by atoms with E-state index < -0.39 is 0 Å². The molecular weight excluding hydrogens is 317 g/mol. The van der Waals surface area contributed by atoms with E-state index >= 15 is 0 Å². The van der Waals surface area contributed by atoms with Crippen molar-refractivity contribution in [1.82, 2.24) is 0 Å². The zero-order valence-corrected chi connectivity index (χ0v) is 13.6. The molecule has 1 aromatic carbocycles. The van der Waals surface area contributed by atoms with Crippen LogP contribution in [0.25, 0.3) is 0 Å². The molecule has 0 radical (unpaired) electrons. The van der Waals surface area contributed by atoms with Crippen LogP contribution >= 0.6 is 15.9 Å². The second kappa shape index (κ2) is 6.05. The van der Waals surface area contributed by atoms with E-state index in [1.165, 1.54) is 44.9 Å². The maximum absolute atomic E-state index is 13.9. The third kappa shape index (κ3) is 2.74. The molecule has 0 atom stereocenters. The predicted octanol–water partition coefficient (Wildman–Crippen LogP) is 5.27. The van der Waals surface area contributed by atoms with Crippen LogP contribution < -0.4 is 4.90 Å². The summed E-state index contributed by atoms with van der Waals surface area (Å²) in [7, 11) is 0. The standard InChI is InChI=1S/C17H23BrFN/c18-13-14-15(19)5-4-6-16(14)20-11-9-17(10-12-20)7-2-1-3-8-17/h4-6H,1-3,7-13H2. The lowest BCUT2D eigenvalue weighted by molar-refractivity contribution is 0.144. The summed E-state index contributed by atoms with van der Waals surface area (Å²) in [6.07, 6.45) is 9.63. The Morgan fingerprint density at radius 1 is 1.05 bits per heavy atom. The van der Waals surface area contributed by atoms with Gasteiger partial charge in [0.15, 0.2) is 0 Å². The molecular formula is C17H23BrFN. The Labute approximate surface area is 129 Å². The van der Waals surface area contributed by atoms with Crippen LogP contribution in [0, 0.1) is 11.2 Å². The van der Waals surface area contributed by atoms with Crippen molar-refractivity contribution in [3.63, 3.8) is 0 Å². The van der Waals surface area contributed by atoms with E-state index in [1.54, 1.807) is 6.07 Å². The van der Waals surface area contributed by atoms with Crippen LogP contribution in [-0.2, 0) is 5.33 Å². The van der Waals surface area contributed by atoms with E-state index in [0.29, 0.717) is 10.7 Å². The van der Waals surface area contributed by atoms with Gasteiger partial charge in [0, 0.05) is 29.7 Å². The molecule has 1 nitrogen and oxygen atoms in total. The summed E-state index contributed by atoms with van der Waals surface area (Å²) in [5.41, 5.74) is 2.51. The molecule has 20 heavy (non-hydrogen) atoms. The Morgan fingerprint density at radius 2 is 1.75 bits per heavy atom. The van der Waals surface area contributed by atoms with Crippen molar-refractivity contribution < 1.29 is 4.39 Å². The smallest absolute Gasteiger partial charge is 0.129 e. The minimum atomic E-state index is -0.0858. The fourth-order valence-corrected chi connectivity index (χ4v) is 4.55. The average Bonchev–Trinajstić information content (AvgIpc) is 2.49. The third-order valence-corrected chi connectivity index (χ3v) is 5.87. The fourth-order valence-electron chi connectivity index (χ4n) is 4.00. The fraction of sp³-hybridized carbons (Fsp3) is 0.647. The van der Waals surface area contributed by atoms with Crippen molar-refractivity contribution in [1.29, 1.82) is 0 Å². The topological polar surface area (TPSA) is 3.24 Å². The summed E-state index contributed by atoms with van der Waals surface area (Å²) in [4.78, 5) is 2.39. The first-order valence-electron chi connectivity index (χ1n) is 7.82. The van der Waals surface area contributed by atoms with Crippen molar-refractivity contribution in [2.75, 3.05) is 18.0 Å². The van der Waals surface area contributed by atoms with Crippen LogP contribution in [0.1, 0.15) is 50.5 Å². The molecule has 3 heteroatoms. The number of hydrogen-bond acceptors (Lipinski definition) is 1. The van der Waals surface area contributed by atoms with E-state index in [9.17, 15) is 4.39 Å². The second-order valence-corrected chi connectivity index (χ2v) is 6.98. The van der Waals surface area contributed by atoms with Gasteiger partial charge >= 0.3 is 0 Å². The van der Waals surface area contributed by atoms with E-state index in [-0.39, 0.29) is 5.82 Å². The summed E-state index contributed by atoms with van der Waals surface area (Å²) in [5.74, 6) is -0.0858.